The number of rotatable bonds is 7. The van der Waals surface area contributed by atoms with Gasteiger partial charge in [-0.25, -0.2) is 4.79 Å². The molecule has 1 aliphatic carbocycles. The molecule has 1 amide bonds. The van der Waals surface area contributed by atoms with Crippen LogP contribution in [0.2, 0.25) is 0 Å². The fourth-order valence-corrected chi connectivity index (χ4v) is 2.24. The van der Waals surface area contributed by atoms with E-state index in [-0.39, 0.29) is 18.8 Å². The van der Waals surface area contributed by atoms with E-state index in [1.807, 2.05) is 0 Å². The molecule has 7 nitrogen and oxygen atoms in total. The van der Waals surface area contributed by atoms with Crippen LogP contribution < -0.4 is 5.32 Å². The number of carboxylic acids is 2. The molecule has 1 rings (SSSR count). The van der Waals surface area contributed by atoms with E-state index in [1.54, 1.807) is 20.8 Å². The third-order valence-electron chi connectivity index (χ3n) is 3.22. The number of ether oxygens (including phenoxy) is 1. The van der Waals surface area contributed by atoms with Gasteiger partial charge in [-0.3, -0.25) is 9.59 Å². The smallest absolute Gasteiger partial charge is 0.407 e. The van der Waals surface area contributed by atoms with Crippen LogP contribution in [-0.4, -0.2) is 39.9 Å². The highest BCUT2D eigenvalue weighted by atomic mass is 16.6. The highest BCUT2D eigenvalue weighted by Crippen LogP contribution is 2.39. The number of carbonyl (C=O) groups excluding carboxylic acids is 1. The van der Waals surface area contributed by atoms with Crippen molar-refractivity contribution in [2.75, 3.05) is 0 Å². The molecule has 0 radical (unpaired) electrons. The van der Waals surface area contributed by atoms with E-state index in [9.17, 15) is 19.5 Å². The predicted molar refractivity (Wildman–Crippen MR) is 73.9 cm³/mol. The summed E-state index contributed by atoms with van der Waals surface area (Å²) in [5, 5.41) is 20.6. The molecule has 0 aromatic heterocycles. The second-order valence-electron chi connectivity index (χ2n) is 6.39. The summed E-state index contributed by atoms with van der Waals surface area (Å²) in [7, 11) is 0. The summed E-state index contributed by atoms with van der Waals surface area (Å²) in [6.07, 6.45) is 0.733. The van der Waals surface area contributed by atoms with E-state index in [1.165, 1.54) is 0 Å². The summed E-state index contributed by atoms with van der Waals surface area (Å²) in [6, 6.07) is -0.735. The Balaban J connectivity index is 2.73. The Bertz CT molecular complexity index is 410. The van der Waals surface area contributed by atoms with Gasteiger partial charge in [-0.1, -0.05) is 0 Å². The molecule has 21 heavy (non-hydrogen) atoms. The Kier molecular flexibility index (Phi) is 5.57. The normalized spacial score (nSPS) is 17.7. The Morgan fingerprint density at radius 2 is 1.81 bits per heavy atom. The van der Waals surface area contributed by atoms with Crippen LogP contribution in [0.25, 0.3) is 0 Å². The van der Waals surface area contributed by atoms with Crippen molar-refractivity contribution < 1.29 is 29.3 Å². The van der Waals surface area contributed by atoms with Crippen LogP contribution in [0.15, 0.2) is 0 Å². The lowest BCUT2D eigenvalue weighted by Crippen LogP contribution is -2.46. The topological polar surface area (TPSA) is 113 Å². The number of amides is 1. The van der Waals surface area contributed by atoms with Crippen molar-refractivity contribution >= 4 is 18.0 Å². The van der Waals surface area contributed by atoms with Crippen molar-refractivity contribution in [1.29, 1.82) is 0 Å². The quantitative estimate of drug-likeness (QED) is 0.661. The van der Waals surface area contributed by atoms with Gasteiger partial charge in [0.1, 0.15) is 5.60 Å². The molecule has 1 fully saturated rings. The molecule has 7 heteroatoms. The maximum atomic E-state index is 11.8. The van der Waals surface area contributed by atoms with E-state index in [0.29, 0.717) is 0 Å². The van der Waals surface area contributed by atoms with Crippen molar-refractivity contribution in [3.63, 3.8) is 0 Å². The molecule has 0 aromatic rings. The molecular weight excluding hydrogens is 278 g/mol. The third-order valence-corrected chi connectivity index (χ3v) is 3.22. The maximum Gasteiger partial charge on any atom is 0.407 e. The van der Waals surface area contributed by atoms with Crippen LogP contribution in [0.4, 0.5) is 4.79 Å². The van der Waals surface area contributed by atoms with Crippen LogP contribution in [0, 0.1) is 11.8 Å². The lowest BCUT2D eigenvalue weighted by Gasteiger charge is -2.27. The van der Waals surface area contributed by atoms with Crippen molar-refractivity contribution in [1.82, 2.24) is 5.32 Å². The number of hydrogen-bond acceptors (Lipinski definition) is 4. The Hall–Kier alpha value is -1.79. The zero-order valence-corrected chi connectivity index (χ0v) is 12.6. The highest BCUT2D eigenvalue weighted by molar-refractivity contribution is 5.75. The van der Waals surface area contributed by atoms with E-state index in [4.69, 9.17) is 9.84 Å². The molecule has 1 aliphatic rings. The monoisotopic (exact) mass is 301 g/mol. The Labute approximate surface area is 123 Å². The minimum Gasteiger partial charge on any atom is -0.481 e. The molecule has 1 saturated carbocycles. The number of carbonyl (C=O) groups is 3. The molecule has 0 saturated heterocycles. The molecule has 0 aromatic carbocycles. The van der Waals surface area contributed by atoms with Crippen LogP contribution in [0.3, 0.4) is 0 Å². The van der Waals surface area contributed by atoms with Gasteiger partial charge < -0.3 is 20.3 Å². The number of aliphatic carboxylic acids is 2. The second-order valence-corrected chi connectivity index (χ2v) is 6.39. The average Bonchev–Trinajstić information content (AvgIpc) is 3.06. The third kappa shape index (κ3) is 6.46. The Morgan fingerprint density at radius 3 is 2.19 bits per heavy atom. The van der Waals surface area contributed by atoms with Gasteiger partial charge in [0.05, 0.1) is 5.92 Å². The first kappa shape index (κ1) is 17.3. The lowest BCUT2D eigenvalue weighted by molar-refractivity contribution is -0.144. The van der Waals surface area contributed by atoms with Gasteiger partial charge in [-0.05, 0) is 46.0 Å². The van der Waals surface area contributed by atoms with Crippen molar-refractivity contribution in [3.05, 3.63) is 0 Å². The average molecular weight is 301 g/mol. The van der Waals surface area contributed by atoms with Crippen LogP contribution in [-0.2, 0) is 14.3 Å². The predicted octanol–water partition coefficient (Wildman–Crippen LogP) is 1.86. The first-order valence-corrected chi connectivity index (χ1v) is 7.04. The van der Waals surface area contributed by atoms with Gasteiger partial charge in [0.15, 0.2) is 0 Å². The number of carboxylic acid groups (broad SMARTS) is 2. The summed E-state index contributed by atoms with van der Waals surface area (Å²) in [4.78, 5) is 33.9. The summed E-state index contributed by atoms with van der Waals surface area (Å²) < 4.78 is 5.11. The first-order chi connectivity index (χ1) is 9.60. The molecule has 3 N–H and O–H groups in total. The van der Waals surface area contributed by atoms with E-state index in [2.05, 4.69) is 5.32 Å². The van der Waals surface area contributed by atoms with Crippen molar-refractivity contribution in [2.45, 2.75) is 58.1 Å². The molecule has 0 aliphatic heterocycles. The summed E-state index contributed by atoms with van der Waals surface area (Å²) in [5.74, 6) is -2.80. The van der Waals surface area contributed by atoms with Gasteiger partial charge in [0.2, 0.25) is 0 Å². The Morgan fingerprint density at radius 1 is 1.24 bits per heavy atom. The molecule has 120 valence electrons. The van der Waals surface area contributed by atoms with Gasteiger partial charge in [-0.2, -0.15) is 0 Å². The van der Waals surface area contributed by atoms with Gasteiger partial charge in [0.25, 0.3) is 0 Å². The van der Waals surface area contributed by atoms with Gasteiger partial charge >= 0.3 is 18.0 Å². The van der Waals surface area contributed by atoms with Crippen molar-refractivity contribution in [3.8, 4) is 0 Å². The van der Waals surface area contributed by atoms with E-state index >= 15 is 0 Å². The molecule has 0 spiro atoms. The number of hydrogen-bond donors (Lipinski definition) is 3. The van der Waals surface area contributed by atoms with Gasteiger partial charge in [-0.15, -0.1) is 0 Å². The van der Waals surface area contributed by atoms with Gasteiger partial charge in [0, 0.05) is 12.5 Å². The highest BCUT2D eigenvalue weighted by Gasteiger charge is 2.42. The molecular formula is C14H23NO6. The maximum absolute atomic E-state index is 11.8. The van der Waals surface area contributed by atoms with Crippen LogP contribution >= 0.6 is 0 Å². The molecule has 2 atom stereocenters. The largest absolute Gasteiger partial charge is 0.481 e. The van der Waals surface area contributed by atoms with Crippen molar-refractivity contribution in [2.24, 2.45) is 11.8 Å². The first-order valence-electron chi connectivity index (χ1n) is 7.04. The van der Waals surface area contributed by atoms with Crippen LogP contribution in [0.1, 0.15) is 46.5 Å². The fraction of sp³-hybridized carbons (Fsp3) is 0.786. The standard InChI is InChI=1S/C14H23NO6/c1-14(2,3)21-13(20)15-9(6-7-10(16)17)11(12(18)19)8-4-5-8/h8-9,11H,4-7H2,1-3H3,(H,15,20)(H,16,17)(H,18,19). The number of alkyl carbamates (subject to hydrolysis) is 1. The molecule has 0 bridgehead atoms. The lowest BCUT2D eigenvalue weighted by atomic mass is 9.91. The summed E-state index contributed by atoms with van der Waals surface area (Å²) >= 11 is 0. The molecule has 0 heterocycles. The summed E-state index contributed by atoms with van der Waals surface area (Å²) in [6.45, 7) is 5.11. The fourth-order valence-electron chi connectivity index (χ4n) is 2.24. The van der Waals surface area contributed by atoms with E-state index in [0.717, 1.165) is 12.8 Å². The van der Waals surface area contributed by atoms with E-state index < -0.39 is 35.6 Å². The zero-order chi connectivity index (χ0) is 16.2. The molecule has 2 unspecified atom stereocenters. The van der Waals surface area contributed by atoms with Crippen LogP contribution in [0.5, 0.6) is 0 Å². The summed E-state index contributed by atoms with van der Waals surface area (Å²) in [5.41, 5.74) is -0.695. The SMILES string of the molecule is CC(C)(C)OC(=O)NC(CCC(=O)O)C(C(=O)O)C1CC1. The zero-order valence-electron chi connectivity index (χ0n) is 12.6. The minimum atomic E-state index is -1.02. The second kappa shape index (κ2) is 6.78. The minimum absolute atomic E-state index is 0.00349. The number of nitrogens with one attached hydrogen (secondary N) is 1.